The standard InChI is InChI=1S/C25H19FN4/c26-17-6-3-5-16(13-17)19-7-4-9-22-20(19)14-18(29-22)15-25-21(27)10-11-24(30-25)23-8-1-2-12-28-23/h1-14,29H,15,27H2. The van der Waals surface area contributed by atoms with Crippen LogP contribution in [0.25, 0.3) is 33.4 Å². The lowest BCUT2D eigenvalue weighted by molar-refractivity contribution is 0.628. The first-order chi connectivity index (χ1) is 14.7. The molecule has 2 aromatic carbocycles. The molecule has 0 bridgehead atoms. The van der Waals surface area contributed by atoms with Gasteiger partial charge in [0.2, 0.25) is 0 Å². The maximum Gasteiger partial charge on any atom is 0.123 e. The maximum absolute atomic E-state index is 13.7. The number of pyridine rings is 2. The number of aromatic amines is 1. The molecule has 146 valence electrons. The van der Waals surface area contributed by atoms with Gasteiger partial charge in [-0.1, -0.05) is 30.3 Å². The van der Waals surface area contributed by atoms with Crippen LogP contribution in [0.5, 0.6) is 0 Å². The molecule has 0 saturated carbocycles. The van der Waals surface area contributed by atoms with Crippen LogP contribution in [0.4, 0.5) is 10.1 Å². The van der Waals surface area contributed by atoms with E-state index in [1.54, 1.807) is 18.3 Å². The van der Waals surface area contributed by atoms with Gasteiger partial charge in [0.05, 0.1) is 22.8 Å². The molecule has 3 heterocycles. The molecule has 5 aromatic rings. The summed E-state index contributed by atoms with van der Waals surface area (Å²) in [7, 11) is 0. The first-order valence-electron chi connectivity index (χ1n) is 9.71. The first-order valence-corrected chi connectivity index (χ1v) is 9.71. The van der Waals surface area contributed by atoms with Gasteiger partial charge < -0.3 is 10.7 Å². The quantitative estimate of drug-likeness (QED) is 0.417. The van der Waals surface area contributed by atoms with E-state index < -0.39 is 0 Å². The average Bonchev–Trinajstić information content (AvgIpc) is 3.18. The van der Waals surface area contributed by atoms with E-state index >= 15 is 0 Å². The van der Waals surface area contributed by atoms with Crippen LogP contribution in [0.3, 0.4) is 0 Å². The molecule has 0 unspecified atom stereocenters. The molecule has 0 radical (unpaired) electrons. The number of benzene rings is 2. The number of anilines is 1. The number of aromatic nitrogens is 3. The van der Waals surface area contributed by atoms with E-state index in [0.717, 1.165) is 44.8 Å². The Labute approximate surface area is 173 Å². The Morgan fingerprint density at radius 2 is 1.77 bits per heavy atom. The van der Waals surface area contributed by atoms with Crippen molar-refractivity contribution in [1.82, 2.24) is 15.0 Å². The SMILES string of the molecule is Nc1ccc(-c2ccccn2)nc1Cc1cc2c(-c3cccc(F)c3)cccc2[nH]1. The molecule has 0 amide bonds. The smallest absolute Gasteiger partial charge is 0.123 e. The lowest BCUT2D eigenvalue weighted by Crippen LogP contribution is -2.01. The number of H-pyrrole nitrogens is 1. The van der Waals surface area contributed by atoms with E-state index in [-0.39, 0.29) is 5.82 Å². The number of halogens is 1. The fraction of sp³-hybridized carbons (Fsp3) is 0.0400. The van der Waals surface area contributed by atoms with Gasteiger partial charge in [-0.15, -0.1) is 0 Å². The van der Waals surface area contributed by atoms with Gasteiger partial charge in [-0.3, -0.25) is 4.98 Å². The van der Waals surface area contributed by atoms with E-state index in [2.05, 4.69) is 16.0 Å². The van der Waals surface area contributed by atoms with Crippen LogP contribution in [-0.4, -0.2) is 15.0 Å². The first kappa shape index (κ1) is 18.1. The van der Waals surface area contributed by atoms with Gasteiger partial charge in [0.1, 0.15) is 5.82 Å². The van der Waals surface area contributed by atoms with Crippen LogP contribution in [0.15, 0.2) is 85.1 Å². The fourth-order valence-electron chi connectivity index (χ4n) is 3.71. The van der Waals surface area contributed by atoms with Gasteiger partial charge in [0.25, 0.3) is 0 Å². The molecular weight excluding hydrogens is 375 g/mol. The molecule has 5 heteroatoms. The second kappa shape index (κ2) is 7.44. The number of nitrogens with two attached hydrogens (primary N) is 1. The zero-order valence-corrected chi connectivity index (χ0v) is 16.1. The number of nitrogens with one attached hydrogen (secondary N) is 1. The largest absolute Gasteiger partial charge is 0.397 e. The van der Waals surface area contributed by atoms with Gasteiger partial charge in [0.15, 0.2) is 0 Å². The van der Waals surface area contributed by atoms with Crippen molar-refractivity contribution in [3.05, 3.63) is 102 Å². The molecule has 3 N–H and O–H groups in total. The summed E-state index contributed by atoms with van der Waals surface area (Å²) in [6.07, 6.45) is 2.31. The third-order valence-electron chi connectivity index (χ3n) is 5.15. The van der Waals surface area contributed by atoms with Crippen molar-refractivity contribution < 1.29 is 4.39 Å². The molecule has 0 atom stereocenters. The number of nitrogens with zero attached hydrogens (tertiary/aromatic N) is 2. The monoisotopic (exact) mass is 394 g/mol. The van der Waals surface area contributed by atoms with Crippen molar-refractivity contribution in [2.75, 3.05) is 5.73 Å². The van der Waals surface area contributed by atoms with Crippen LogP contribution >= 0.6 is 0 Å². The summed E-state index contributed by atoms with van der Waals surface area (Å²) in [5, 5.41) is 1.04. The van der Waals surface area contributed by atoms with E-state index in [9.17, 15) is 4.39 Å². The van der Waals surface area contributed by atoms with Crippen molar-refractivity contribution in [3.63, 3.8) is 0 Å². The molecule has 5 rings (SSSR count). The Morgan fingerprint density at radius 1 is 0.867 bits per heavy atom. The summed E-state index contributed by atoms with van der Waals surface area (Å²) < 4.78 is 13.7. The molecule has 0 aliphatic carbocycles. The summed E-state index contributed by atoms with van der Waals surface area (Å²) in [6.45, 7) is 0. The van der Waals surface area contributed by atoms with E-state index in [1.807, 2.05) is 54.6 Å². The Hall–Kier alpha value is -3.99. The predicted molar refractivity (Wildman–Crippen MR) is 118 cm³/mol. The Morgan fingerprint density at radius 3 is 2.60 bits per heavy atom. The highest BCUT2D eigenvalue weighted by atomic mass is 19.1. The Balaban J connectivity index is 1.53. The van der Waals surface area contributed by atoms with Gasteiger partial charge in [-0.25, -0.2) is 9.37 Å². The minimum absolute atomic E-state index is 0.247. The van der Waals surface area contributed by atoms with E-state index in [1.165, 1.54) is 6.07 Å². The van der Waals surface area contributed by atoms with Crippen LogP contribution in [0.2, 0.25) is 0 Å². The molecule has 4 nitrogen and oxygen atoms in total. The Bertz CT molecular complexity index is 1340. The Kier molecular flexibility index (Phi) is 4.48. The molecular formula is C25H19FN4. The average molecular weight is 394 g/mol. The minimum Gasteiger partial charge on any atom is -0.397 e. The molecule has 0 saturated heterocycles. The molecule has 0 aliphatic rings. The molecule has 3 aromatic heterocycles. The molecule has 0 aliphatic heterocycles. The minimum atomic E-state index is -0.247. The van der Waals surface area contributed by atoms with E-state index in [4.69, 9.17) is 10.7 Å². The number of fused-ring (bicyclic) bond motifs is 1. The van der Waals surface area contributed by atoms with Crippen LogP contribution in [0.1, 0.15) is 11.4 Å². The third kappa shape index (κ3) is 3.42. The van der Waals surface area contributed by atoms with Gasteiger partial charge >= 0.3 is 0 Å². The van der Waals surface area contributed by atoms with Crippen molar-refractivity contribution >= 4 is 16.6 Å². The molecule has 0 spiro atoms. The van der Waals surface area contributed by atoms with Gasteiger partial charge in [0, 0.05) is 29.2 Å². The van der Waals surface area contributed by atoms with Crippen molar-refractivity contribution in [3.8, 4) is 22.5 Å². The number of hydrogen-bond acceptors (Lipinski definition) is 3. The zero-order valence-electron chi connectivity index (χ0n) is 16.1. The number of hydrogen-bond donors (Lipinski definition) is 2. The lowest BCUT2D eigenvalue weighted by Gasteiger charge is -2.07. The second-order valence-electron chi connectivity index (χ2n) is 7.20. The topological polar surface area (TPSA) is 67.6 Å². The fourth-order valence-corrected chi connectivity index (χ4v) is 3.71. The predicted octanol–water partition coefficient (Wildman–Crippen LogP) is 5.60. The second-order valence-corrected chi connectivity index (χ2v) is 7.20. The lowest BCUT2D eigenvalue weighted by atomic mass is 10.0. The van der Waals surface area contributed by atoms with Crippen molar-refractivity contribution in [2.24, 2.45) is 0 Å². The van der Waals surface area contributed by atoms with Crippen LogP contribution in [-0.2, 0) is 6.42 Å². The third-order valence-corrected chi connectivity index (χ3v) is 5.15. The van der Waals surface area contributed by atoms with E-state index in [0.29, 0.717) is 12.1 Å². The highest BCUT2D eigenvalue weighted by molar-refractivity contribution is 5.95. The summed E-state index contributed by atoms with van der Waals surface area (Å²) in [4.78, 5) is 12.6. The zero-order chi connectivity index (χ0) is 20.5. The maximum atomic E-state index is 13.7. The number of nitrogen functional groups attached to an aromatic ring is 1. The number of rotatable bonds is 4. The highest BCUT2D eigenvalue weighted by Gasteiger charge is 2.11. The summed E-state index contributed by atoms with van der Waals surface area (Å²) in [6, 6.07) is 24.2. The van der Waals surface area contributed by atoms with Gasteiger partial charge in [-0.2, -0.15) is 0 Å². The normalized spacial score (nSPS) is 11.1. The van der Waals surface area contributed by atoms with Crippen LogP contribution < -0.4 is 5.73 Å². The highest BCUT2D eigenvalue weighted by Crippen LogP contribution is 2.30. The van der Waals surface area contributed by atoms with Crippen molar-refractivity contribution in [2.45, 2.75) is 6.42 Å². The van der Waals surface area contributed by atoms with Crippen molar-refractivity contribution in [1.29, 1.82) is 0 Å². The molecule has 0 fully saturated rings. The summed E-state index contributed by atoms with van der Waals surface area (Å²) in [5.41, 5.74) is 13.0. The molecule has 30 heavy (non-hydrogen) atoms. The summed E-state index contributed by atoms with van der Waals surface area (Å²) >= 11 is 0. The van der Waals surface area contributed by atoms with Gasteiger partial charge in [-0.05, 0) is 59.7 Å². The van der Waals surface area contributed by atoms with Crippen LogP contribution in [0, 0.1) is 5.82 Å². The summed E-state index contributed by atoms with van der Waals surface area (Å²) in [5.74, 6) is -0.247.